The molecule has 0 aromatic heterocycles. The molecule has 32 valence electrons. The molecule has 0 amide bonds. The quantitative estimate of drug-likeness (QED) is 0.641. The first kappa shape index (κ1) is 15.7. The summed E-state index contributed by atoms with van der Waals surface area (Å²) in [6.45, 7) is 0. The zero-order valence-electron chi connectivity index (χ0n) is 2.80. The van der Waals surface area contributed by atoms with E-state index in [1.54, 1.807) is 0 Å². The Morgan fingerprint density at radius 1 is 1.17 bits per heavy atom. The van der Waals surface area contributed by atoms with Gasteiger partial charge in [-0.3, -0.25) is 0 Å². The molecule has 2 N–H and O–H groups in total. The van der Waals surface area contributed by atoms with Gasteiger partial charge < -0.3 is 10.2 Å². The standard InChI is InChI=1S/CH2O3.2Zr/c2-1(3)4;;/h(H2,2,3,4);;. The molecule has 0 aromatic carbocycles. The molecule has 0 unspecified atom stereocenters. The molecular formula is CH2O3Zr2. The number of carbonyl (C=O) groups is 1. The van der Waals surface area contributed by atoms with Gasteiger partial charge in [-0.05, 0) is 0 Å². The van der Waals surface area contributed by atoms with Crippen LogP contribution < -0.4 is 0 Å². The van der Waals surface area contributed by atoms with Gasteiger partial charge in [0.1, 0.15) is 0 Å². The Kier molecular flexibility index (Phi) is 24.6. The van der Waals surface area contributed by atoms with Crippen LogP contribution in [0, 0.1) is 0 Å². The fraction of sp³-hybridized carbons (Fsp3) is 0. The number of hydrogen-bond donors (Lipinski definition) is 2. The third kappa shape index (κ3) is 76.4. The van der Waals surface area contributed by atoms with Gasteiger partial charge in [-0.15, -0.1) is 0 Å². The summed E-state index contributed by atoms with van der Waals surface area (Å²) in [5.74, 6) is 0. The molecule has 0 radical (unpaired) electrons. The molecule has 5 heteroatoms. The van der Waals surface area contributed by atoms with E-state index in [1.165, 1.54) is 0 Å². The Labute approximate surface area is 73.0 Å². The van der Waals surface area contributed by atoms with Crippen molar-refractivity contribution in [3.63, 3.8) is 0 Å². The second-order valence-electron chi connectivity index (χ2n) is 0.283. The van der Waals surface area contributed by atoms with E-state index in [-0.39, 0.29) is 52.4 Å². The van der Waals surface area contributed by atoms with E-state index in [9.17, 15) is 0 Å². The van der Waals surface area contributed by atoms with Crippen LogP contribution in [0.4, 0.5) is 4.79 Å². The van der Waals surface area contributed by atoms with Crippen molar-refractivity contribution >= 4 is 6.16 Å². The second-order valence-corrected chi connectivity index (χ2v) is 0.283. The normalized spacial score (nSPS) is 4.00. The Hall–Kier alpha value is 1.04. The fourth-order valence-electron chi connectivity index (χ4n) is 0. The summed E-state index contributed by atoms with van der Waals surface area (Å²) < 4.78 is 0. The molecule has 0 aliphatic heterocycles. The van der Waals surface area contributed by atoms with Crippen molar-refractivity contribution in [2.45, 2.75) is 0 Å². The minimum absolute atomic E-state index is 0. The molecule has 0 saturated heterocycles. The predicted octanol–water partition coefficient (Wildman–Crippen LogP) is 0.217. The van der Waals surface area contributed by atoms with Gasteiger partial charge in [-0.1, -0.05) is 0 Å². The number of carboxylic acid groups (broad SMARTS) is 2. The summed E-state index contributed by atoms with van der Waals surface area (Å²) in [5.41, 5.74) is 0. The van der Waals surface area contributed by atoms with Crippen LogP contribution >= 0.6 is 0 Å². The molecule has 0 aliphatic rings. The summed E-state index contributed by atoms with van der Waals surface area (Å²) in [6.07, 6.45) is -1.83. The van der Waals surface area contributed by atoms with Gasteiger partial charge in [0, 0.05) is 52.4 Å². The Morgan fingerprint density at radius 2 is 1.17 bits per heavy atom. The first-order chi connectivity index (χ1) is 1.73. The number of hydrogen-bond acceptors (Lipinski definition) is 1. The Bertz CT molecular complexity index is 31.8. The molecule has 0 aliphatic carbocycles. The monoisotopic (exact) mass is 242 g/mol. The van der Waals surface area contributed by atoms with E-state index in [0.29, 0.717) is 0 Å². The van der Waals surface area contributed by atoms with Gasteiger partial charge in [0.15, 0.2) is 0 Å². The van der Waals surface area contributed by atoms with Crippen molar-refractivity contribution in [1.82, 2.24) is 0 Å². The minimum atomic E-state index is -1.83. The maximum Gasteiger partial charge on any atom is 0.503 e. The first-order valence-electron chi connectivity index (χ1n) is 0.651. The van der Waals surface area contributed by atoms with Crippen LogP contribution in [-0.4, -0.2) is 16.4 Å². The molecule has 0 atom stereocenters. The summed E-state index contributed by atoms with van der Waals surface area (Å²) in [4.78, 5) is 8.56. The molecule has 0 rings (SSSR count). The van der Waals surface area contributed by atoms with E-state index < -0.39 is 6.16 Å². The molecule has 6 heavy (non-hydrogen) atoms. The van der Waals surface area contributed by atoms with Crippen LogP contribution in [-0.2, 0) is 52.4 Å². The SMILES string of the molecule is O=C(O)O.[Zr].[Zr]. The molecular weight excluding hydrogens is 242 g/mol. The van der Waals surface area contributed by atoms with Crippen molar-refractivity contribution in [1.29, 1.82) is 0 Å². The Morgan fingerprint density at radius 3 is 1.17 bits per heavy atom. The van der Waals surface area contributed by atoms with Crippen LogP contribution in [0.15, 0.2) is 0 Å². The van der Waals surface area contributed by atoms with Crippen molar-refractivity contribution in [3.8, 4) is 0 Å². The summed E-state index contributed by atoms with van der Waals surface area (Å²) >= 11 is 0. The molecule has 0 bridgehead atoms. The summed E-state index contributed by atoms with van der Waals surface area (Å²) in [6, 6.07) is 0. The van der Waals surface area contributed by atoms with Crippen LogP contribution in [0.5, 0.6) is 0 Å². The van der Waals surface area contributed by atoms with Gasteiger partial charge in [-0.2, -0.15) is 0 Å². The third-order valence-electron chi connectivity index (χ3n) is 0. The maximum absolute atomic E-state index is 8.56. The largest absolute Gasteiger partial charge is 0.503 e. The minimum Gasteiger partial charge on any atom is -0.450 e. The van der Waals surface area contributed by atoms with E-state index in [0.717, 1.165) is 0 Å². The van der Waals surface area contributed by atoms with Gasteiger partial charge >= 0.3 is 6.16 Å². The predicted molar refractivity (Wildman–Crippen MR) is 10.7 cm³/mol. The average Bonchev–Trinajstić information content (AvgIpc) is 0.811. The van der Waals surface area contributed by atoms with E-state index in [2.05, 4.69) is 0 Å². The third-order valence-corrected chi connectivity index (χ3v) is 0. The summed E-state index contributed by atoms with van der Waals surface area (Å²) in [5, 5.41) is 13.9. The molecule has 0 heterocycles. The van der Waals surface area contributed by atoms with Gasteiger partial charge in [0.05, 0.1) is 0 Å². The zero-order chi connectivity index (χ0) is 3.58. The van der Waals surface area contributed by atoms with Crippen molar-refractivity contribution < 1.29 is 67.4 Å². The first-order valence-corrected chi connectivity index (χ1v) is 0.651. The van der Waals surface area contributed by atoms with Gasteiger partial charge in [0.25, 0.3) is 0 Å². The molecule has 0 fully saturated rings. The topological polar surface area (TPSA) is 57.5 Å². The van der Waals surface area contributed by atoms with Crippen molar-refractivity contribution in [2.75, 3.05) is 0 Å². The average molecular weight is 244 g/mol. The van der Waals surface area contributed by atoms with E-state index in [1.807, 2.05) is 0 Å². The molecule has 0 saturated carbocycles. The number of rotatable bonds is 0. The Balaban J connectivity index is -0.0000000450. The molecule has 0 aromatic rings. The smallest absolute Gasteiger partial charge is 0.450 e. The van der Waals surface area contributed by atoms with E-state index in [4.69, 9.17) is 15.0 Å². The van der Waals surface area contributed by atoms with Crippen LogP contribution in [0.3, 0.4) is 0 Å². The van der Waals surface area contributed by atoms with Gasteiger partial charge in [-0.25, -0.2) is 4.79 Å². The van der Waals surface area contributed by atoms with Crippen molar-refractivity contribution in [2.24, 2.45) is 0 Å². The van der Waals surface area contributed by atoms with Crippen LogP contribution in [0.25, 0.3) is 0 Å². The maximum atomic E-state index is 8.56. The van der Waals surface area contributed by atoms with Crippen molar-refractivity contribution in [3.05, 3.63) is 0 Å². The molecule has 0 spiro atoms. The molecule has 3 nitrogen and oxygen atoms in total. The second kappa shape index (κ2) is 9.40. The van der Waals surface area contributed by atoms with Crippen LogP contribution in [0.2, 0.25) is 0 Å². The van der Waals surface area contributed by atoms with Crippen LogP contribution in [0.1, 0.15) is 0 Å². The van der Waals surface area contributed by atoms with E-state index >= 15 is 0 Å². The zero-order valence-corrected chi connectivity index (χ0v) is 7.72. The summed E-state index contributed by atoms with van der Waals surface area (Å²) in [7, 11) is 0. The fourth-order valence-corrected chi connectivity index (χ4v) is 0. The van der Waals surface area contributed by atoms with Gasteiger partial charge in [0.2, 0.25) is 0 Å².